The minimum atomic E-state index is -0.280. The van der Waals surface area contributed by atoms with Gasteiger partial charge in [0, 0.05) is 13.1 Å². The lowest BCUT2D eigenvalue weighted by Crippen LogP contribution is -2.40. The van der Waals surface area contributed by atoms with Crippen molar-refractivity contribution in [2.24, 2.45) is 5.92 Å². The maximum absolute atomic E-state index is 10.9. The number of carbonyl (C=O) groups is 1. The van der Waals surface area contributed by atoms with E-state index in [4.69, 9.17) is 4.74 Å². The van der Waals surface area contributed by atoms with Crippen LogP contribution >= 0.6 is 0 Å². The van der Waals surface area contributed by atoms with Gasteiger partial charge in [-0.05, 0) is 38.9 Å². The molecule has 1 amide bonds. The molecule has 92 valence electrons. The molecule has 0 bridgehead atoms. The molecule has 2 unspecified atom stereocenters. The van der Waals surface area contributed by atoms with Crippen molar-refractivity contribution in [3.8, 4) is 0 Å². The second-order valence-electron chi connectivity index (χ2n) is 4.84. The van der Waals surface area contributed by atoms with Crippen LogP contribution in [0.5, 0.6) is 0 Å². The summed E-state index contributed by atoms with van der Waals surface area (Å²) in [7, 11) is 2.10. The summed E-state index contributed by atoms with van der Waals surface area (Å²) < 4.78 is 5.11. The van der Waals surface area contributed by atoms with Gasteiger partial charge in [0.25, 0.3) is 0 Å². The van der Waals surface area contributed by atoms with E-state index in [2.05, 4.69) is 22.6 Å². The third-order valence-electron chi connectivity index (χ3n) is 3.23. The highest BCUT2D eigenvalue weighted by atomic mass is 16.6. The predicted molar refractivity (Wildman–Crippen MR) is 61.4 cm³/mol. The van der Waals surface area contributed by atoms with Gasteiger partial charge in [-0.25, -0.2) is 4.79 Å². The van der Waals surface area contributed by atoms with Crippen molar-refractivity contribution in [2.75, 3.05) is 39.8 Å². The molecule has 2 N–H and O–H groups in total. The van der Waals surface area contributed by atoms with E-state index in [0.29, 0.717) is 6.54 Å². The fraction of sp³-hybridized carbons (Fsp3) is 0.909. The van der Waals surface area contributed by atoms with Gasteiger partial charge in [-0.15, -0.1) is 0 Å². The molecule has 0 spiro atoms. The number of amides is 1. The monoisotopic (exact) mass is 227 g/mol. The van der Waals surface area contributed by atoms with Crippen LogP contribution < -0.4 is 10.6 Å². The average Bonchev–Trinajstić information content (AvgIpc) is 2.65. The molecule has 0 radical (unpaired) electrons. The Morgan fingerprint density at radius 1 is 1.44 bits per heavy atom. The molecule has 2 atom stereocenters. The first-order valence-electron chi connectivity index (χ1n) is 6.08. The molecule has 0 aliphatic carbocycles. The molecule has 2 aliphatic rings. The summed E-state index contributed by atoms with van der Waals surface area (Å²) in [6, 6.07) is 0. The van der Waals surface area contributed by atoms with E-state index in [-0.39, 0.29) is 12.2 Å². The molecule has 0 aromatic rings. The highest BCUT2D eigenvalue weighted by molar-refractivity contribution is 5.69. The zero-order valence-electron chi connectivity index (χ0n) is 9.87. The Balaban J connectivity index is 1.67. The first kappa shape index (κ1) is 11.7. The van der Waals surface area contributed by atoms with Gasteiger partial charge >= 0.3 is 6.09 Å². The van der Waals surface area contributed by atoms with E-state index < -0.39 is 0 Å². The fourth-order valence-corrected chi connectivity index (χ4v) is 2.48. The Labute approximate surface area is 96.5 Å². The number of ether oxygens (including phenoxy) is 1. The summed E-state index contributed by atoms with van der Waals surface area (Å²) in [5.74, 6) is 0.740. The Morgan fingerprint density at radius 2 is 2.31 bits per heavy atom. The van der Waals surface area contributed by atoms with Gasteiger partial charge in [0.1, 0.15) is 6.10 Å². The number of nitrogens with zero attached hydrogens (tertiary/aromatic N) is 1. The maximum Gasteiger partial charge on any atom is 0.407 e. The molecule has 5 nitrogen and oxygen atoms in total. The number of cyclic esters (lactones) is 1. The van der Waals surface area contributed by atoms with Crippen LogP contribution in [0.4, 0.5) is 4.79 Å². The minimum absolute atomic E-state index is 0.0223. The number of nitrogens with one attached hydrogen (secondary N) is 2. The van der Waals surface area contributed by atoms with Crippen LogP contribution in [0.15, 0.2) is 0 Å². The molecule has 5 heteroatoms. The zero-order chi connectivity index (χ0) is 11.4. The van der Waals surface area contributed by atoms with Crippen LogP contribution in [-0.4, -0.2) is 56.9 Å². The third kappa shape index (κ3) is 3.35. The summed E-state index contributed by atoms with van der Waals surface area (Å²) in [5.41, 5.74) is 0. The van der Waals surface area contributed by atoms with Crippen LogP contribution in [-0.2, 0) is 4.74 Å². The smallest absolute Gasteiger partial charge is 0.407 e. The van der Waals surface area contributed by atoms with Gasteiger partial charge in [0.15, 0.2) is 0 Å². The van der Waals surface area contributed by atoms with Gasteiger partial charge in [0.2, 0.25) is 0 Å². The van der Waals surface area contributed by atoms with Crippen LogP contribution in [0.1, 0.15) is 12.8 Å². The molecule has 2 heterocycles. The van der Waals surface area contributed by atoms with Crippen LogP contribution in [0.25, 0.3) is 0 Å². The molecule has 2 aliphatic heterocycles. The molecule has 16 heavy (non-hydrogen) atoms. The number of rotatable bonds is 4. The predicted octanol–water partition coefficient (Wildman–Crippen LogP) is 0.0262. The van der Waals surface area contributed by atoms with E-state index in [1.807, 2.05) is 0 Å². The van der Waals surface area contributed by atoms with Gasteiger partial charge in [0.05, 0.1) is 6.54 Å². The summed E-state index contributed by atoms with van der Waals surface area (Å²) >= 11 is 0. The Kier molecular flexibility index (Phi) is 4.01. The lowest BCUT2D eigenvalue weighted by atomic mass is 9.99. The van der Waals surface area contributed by atoms with Crippen LogP contribution in [0.2, 0.25) is 0 Å². The third-order valence-corrected chi connectivity index (χ3v) is 3.23. The quantitative estimate of drug-likeness (QED) is 0.711. The van der Waals surface area contributed by atoms with Gasteiger partial charge in [-0.3, -0.25) is 0 Å². The Bertz CT molecular complexity index is 241. The van der Waals surface area contributed by atoms with Crippen molar-refractivity contribution in [3.05, 3.63) is 0 Å². The molecule has 2 saturated heterocycles. The second-order valence-corrected chi connectivity index (χ2v) is 4.84. The van der Waals surface area contributed by atoms with Crippen LogP contribution in [0, 0.1) is 5.92 Å². The maximum atomic E-state index is 10.9. The SMILES string of the molecule is CN(CC1CCCNC1)CC1CNC(=O)O1. The molecule has 0 saturated carbocycles. The summed E-state index contributed by atoms with van der Waals surface area (Å²) in [6.07, 6.45) is 2.32. The molecule has 0 aromatic carbocycles. The lowest BCUT2D eigenvalue weighted by molar-refractivity contribution is 0.109. The molecule has 2 rings (SSSR count). The first-order chi connectivity index (χ1) is 7.74. The number of hydrogen-bond acceptors (Lipinski definition) is 4. The molecule has 2 fully saturated rings. The van der Waals surface area contributed by atoms with Crippen molar-refractivity contribution < 1.29 is 9.53 Å². The van der Waals surface area contributed by atoms with Gasteiger partial charge < -0.3 is 20.3 Å². The van der Waals surface area contributed by atoms with Crippen LogP contribution in [0.3, 0.4) is 0 Å². The largest absolute Gasteiger partial charge is 0.443 e. The highest BCUT2D eigenvalue weighted by Crippen LogP contribution is 2.12. The average molecular weight is 227 g/mol. The van der Waals surface area contributed by atoms with Crippen molar-refractivity contribution in [3.63, 3.8) is 0 Å². The highest BCUT2D eigenvalue weighted by Gasteiger charge is 2.24. The number of piperidine rings is 1. The Morgan fingerprint density at radius 3 is 2.94 bits per heavy atom. The molecular formula is C11H21N3O2. The van der Waals surface area contributed by atoms with Gasteiger partial charge in [-0.1, -0.05) is 0 Å². The summed E-state index contributed by atoms with van der Waals surface area (Å²) in [5, 5.41) is 6.09. The summed E-state index contributed by atoms with van der Waals surface area (Å²) in [4.78, 5) is 13.1. The van der Waals surface area contributed by atoms with Gasteiger partial charge in [-0.2, -0.15) is 0 Å². The Hall–Kier alpha value is -0.810. The first-order valence-corrected chi connectivity index (χ1v) is 6.08. The summed E-state index contributed by atoms with van der Waals surface area (Å²) in [6.45, 7) is 4.83. The van der Waals surface area contributed by atoms with Crippen molar-refractivity contribution in [1.29, 1.82) is 0 Å². The topological polar surface area (TPSA) is 53.6 Å². The standard InChI is InChI=1S/C11H21N3O2/c1-14(7-9-3-2-4-12-5-9)8-10-6-13-11(15)16-10/h9-10,12H,2-8H2,1H3,(H,13,15). The normalized spacial score (nSPS) is 30.2. The van der Waals surface area contributed by atoms with E-state index in [0.717, 1.165) is 32.1 Å². The van der Waals surface area contributed by atoms with Crippen molar-refractivity contribution in [2.45, 2.75) is 18.9 Å². The molecular weight excluding hydrogens is 206 g/mol. The minimum Gasteiger partial charge on any atom is -0.443 e. The fourth-order valence-electron chi connectivity index (χ4n) is 2.48. The lowest BCUT2D eigenvalue weighted by Gasteiger charge is -2.28. The number of hydrogen-bond donors (Lipinski definition) is 2. The van der Waals surface area contributed by atoms with E-state index in [9.17, 15) is 4.79 Å². The second kappa shape index (κ2) is 5.50. The van der Waals surface area contributed by atoms with Crippen molar-refractivity contribution in [1.82, 2.24) is 15.5 Å². The number of likely N-dealkylation sites (N-methyl/N-ethyl adjacent to an activating group) is 1. The van der Waals surface area contributed by atoms with E-state index in [1.54, 1.807) is 0 Å². The van der Waals surface area contributed by atoms with E-state index >= 15 is 0 Å². The number of alkyl carbamates (subject to hydrolysis) is 1. The zero-order valence-corrected chi connectivity index (χ0v) is 9.87. The van der Waals surface area contributed by atoms with E-state index in [1.165, 1.54) is 12.8 Å². The molecule has 0 aromatic heterocycles. The van der Waals surface area contributed by atoms with Crippen molar-refractivity contribution >= 4 is 6.09 Å². The number of carbonyl (C=O) groups excluding carboxylic acids is 1.